The Bertz CT molecular complexity index is 1590. The van der Waals surface area contributed by atoms with Crippen molar-refractivity contribution in [1.82, 2.24) is 0 Å². The van der Waals surface area contributed by atoms with Crippen LogP contribution in [-0.2, 0) is 22.3 Å². The maximum absolute atomic E-state index is 12.8. The molecular weight excluding hydrogens is 897 g/mol. The van der Waals surface area contributed by atoms with Crippen molar-refractivity contribution in [2.45, 2.75) is 231 Å². The number of phenolic OH excluding ortho intramolecular Hbond substituents is 2. The smallest absolute Gasteiger partial charge is 0.118 e. The summed E-state index contributed by atoms with van der Waals surface area (Å²) in [5, 5.41) is 29.6. The monoisotopic (exact) mass is 993 g/mol. The average Bonchev–Trinajstić information content (AvgIpc) is 2.98. The van der Waals surface area contributed by atoms with Crippen LogP contribution >= 0.6 is 23.5 Å². The highest BCUT2D eigenvalue weighted by molar-refractivity contribution is 8.03. The fourth-order valence-corrected chi connectivity index (χ4v) is 218. The van der Waals surface area contributed by atoms with Gasteiger partial charge in [-0.1, -0.05) is 209 Å². The molecule has 1 aliphatic rings. The van der Waals surface area contributed by atoms with Crippen molar-refractivity contribution in [3.8, 4) is 11.5 Å². The molecular formula is C48H96O2S2Si8. The fourth-order valence-electron chi connectivity index (χ4n) is 14.4. The van der Waals surface area contributed by atoms with Gasteiger partial charge in [-0.2, -0.15) is 23.5 Å². The zero-order valence-corrected chi connectivity index (χ0v) is 53.5. The van der Waals surface area contributed by atoms with Crippen molar-refractivity contribution in [1.29, 1.82) is 0 Å². The van der Waals surface area contributed by atoms with Gasteiger partial charge in [0.15, 0.2) is 0 Å². The second-order valence-electron chi connectivity index (χ2n) is 27.3. The molecule has 2 aromatic carbocycles. The molecule has 2 aromatic rings. The van der Waals surface area contributed by atoms with Crippen LogP contribution in [0, 0.1) is 0 Å². The zero-order valence-electron chi connectivity index (χ0n) is 43.8. The van der Waals surface area contributed by atoms with Gasteiger partial charge in [-0.05, 0) is 45.2 Å². The van der Waals surface area contributed by atoms with Gasteiger partial charge in [0, 0.05) is 78.7 Å². The predicted octanol–water partition coefficient (Wildman–Crippen LogP) is 14.8. The van der Waals surface area contributed by atoms with Crippen LogP contribution in [0.4, 0.5) is 0 Å². The molecule has 0 aliphatic heterocycles. The third-order valence-corrected chi connectivity index (χ3v) is 160. The number of phenols is 2. The molecule has 344 valence electrons. The van der Waals surface area contributed by atoms with E-state index in [1.54, 1.807) is 0 Å². The van der Waals surface area contributed by atoms with Crippen molar-refractivity contribution in [2.24, 2.45) is 0 Å². The molecule has 60 heavy (non-hydrogen) atoms. The van der Waals surface area contributed by atoms with E-state index in [0.29, 0.717) is 22.0 Å². The van der Waals surface area contributed by atoms with E-state index in [9.17, 15) is 10.2 Å². The van der Waals surface area contributed by atoms with E-state index < -0.39 is 58.8 Å². The minimum atomic E-state index is -2.05. The topological polar surface area (TPSA) is 40.5 Å². The van der Waals surface area contributed by atoms with Crippen molar-refractivity contribution >= 4 is 92.7 Å². The van der Waals surface area contributed by atoms with Crippen LogP contribution in [0.25, 0.3) is 0 Å². The predicted molar refractivity (Wildman–Crippen MR) is 302 cm³/mol. The van der Waals surface area contributed by atoms with Crippen LogP contribution in [0.3, 0.4) is 0 Å². The number of benzene rings is 2. The maximum atomic E-state index is 12.8. The van der Waals surface area contributed by atoms with Crippen molar-refractivity contribution in [3.05, 3.63) is 46.5 Å². The first-order valence-electron chi connectivity index (χ1n) is 23.7. The van der Waals surface area contributed by atoms with E-state index in [0.717, 1.165) is 11.5 Å². The highest BCUT2D eigenvalue weighted by Gasteiger charge is 2.65. The molecule has 3 rings (SSSR count). The molecule has 0 radical (unpaired) electrons. The lowest BCUT2D eigenvalue weighted by Crippen LogP contribution is -2.88. The quantitative estimate of drug-likeness (QED) is 0.185. The summed E-state index contributed by atoms with van der Waals surface area (Å²) < 4.78 is 0. The molecule has 1 aliphatic carbocycles. The first-order chi connectivity index (χ1) is 26.7. The molecule has 0 spiro atoms. The molecule has 0 heterocycles. The zero-order chi connectivity index (χ0) is 46.7. The molecule has 0 amide bonds. The van der Waals surface area contributed by atoms with Gasteiger partial charge < -0.3 is 10.2 Å². The molecule has 0 bridgehead atoms. The summed E-state index contributed by atoms with van der Waals surface area (Å²) in [5.74, 6) is 3.12. The number of aromatic hydroxyl groups is 2. The Balaban J connectivity index is 2.21. The number of thioether (sulfide) groups is 2. The SMILES string of the molecule is CC(C)(C)c1cc(CSC2CCCCCC[C@@H]2SCc2cc(C(C)(C)C)cc([Si]([Si](C)(C)C)([Si](C)(C)C)[Si](C)(C)C)c2O)c(O)c([Si]([Si](C)(C)C)([Si](C)(C)C)[Si](C)(C)C)c1. The lowest BCUT2D eigenvalue weighted by Gasteiger charge is -2.58. The van der Waals surface area contributed by atoms with Crippen molar-refractivity contribution < 1.29 is 10.2 Å². The van der Waals surface area contributed by atoms with Crippen LogP contribution in [0.1, 0.15) is 102 Å². The molecule has 0 saturated heterocycles. The van der Waals surface area contributed by atoms with Gasteiger partial charge in [-0.25, -0.2) is 0 Å². The van der Waals surface area contributed by atoms with Crippen molar-refractivity contribution in [3.63, 3.8) is 0 Å². The molecule has 0 aromatic heterocycles. The van der Waals surface area contributed by atoms with E-state index in [-0.39, 0.29) is 10.8 Å². The van der Waals surface area contributed by atoms with Gasteiger partial charge in [0.05, 0.1) is 13.3 Å². The Labute approximate surface area is 388 Å². The normalized spacial score (nSPS) is 19.0. The van der Waals surface area contributed by atoms with Gasteiger partial charge in [0.2, 0.25) is 0 Å². The maximum Gasteiger partial charge on any atom is 0.118 e. The average molecular weight is 994 g/mol. The van der Waals surface area contributed by atoms with Crippen LogP contribution in [0.5, 0.6) is 11.5 Å². The van der Waals surface area contributed by atoms with Gasteiger partial charge >= 0.3 is 0 Å². The van der Waals surface area contributed by atoms with E-state index in [1.165, 1.54) is 71.2 Å². The largest absolute Gasteiger partial charge is 0.508 e. The summed E-state index contributed by atoms with van der Waals surface area (Å²) >= 11 is 4.30. The summed E-state index contributed by atoms with van der Waals surface area (Å²) in [6, 6.07) is 9.93. The summed E-state index contributed by atoms with van der Waals surface area (Å²) in [4.78, 5) is 0. The Kier molecular flexibility index (Phi) is 17.0. The van der Waals surface area contributed by atoms with E-state index in [2.05, 4.69) is 207 Å². The van der Waals surface area contributed by atoms with Crippen molar-refractivity contribution in [2.75, 3.05) is 0 Å². The summed E-state index contributed by atoms with van der Waals surface area (Å²) in [6.07, 6.45) is 7.71. The Morgan fingerprint density at radius 3 is 0.900 bits per heavy atom. The molecule has 2 atom stereocenters. The summed E-state index contributed by atoms with van der Waals surface area (Å²) in [5.41, 5.74) is 5.27. The number of rotatable bonds is 14. The van der Waals surface area contributed by atoms with Gasteiger partial charge in [-0.15, -0.1) is 0 Å². The van der Waals surface area contributed by atoms with Gasteiger partial charge in [0.1, 0.15) is 11.5 Å². The van der Waals surface area contributed by atoms with Crippen LogP contribution in [-0.4, -0.2) is 79.5 Å². The third kappa shape index (κ3) is 10.8. The Hall–Kier alpha value is 0.475. The first-order valence-corrected chi connectivity index (χ1v) is 56.8. The molecule has 1 saturated carbocycles. The summed E-state index contributed by atoms with van der Waals surface area (Å²) in [6.45, 7) is 58.0. The van der Waals surface area contributed by atoms with E-state index in [1.807, 2.05) is 0 Å². The Morgan fingerprint density at radius 2 is 0.683 bits per heavy atom. The van der Waals surface area contributed by atoms with Crippen LogP contribution in [0.2, 0.25) is 118 Å². The fraction of sp³-hybridized carbons (Fsp3) is 0.750. The van der Waals surface area contributed by atoms with Gasteiger partial charge in [0.25, 0.3) is 0 Å². The summed E-state index contributed by atoms with van der Waals surface area (Å²) in [7, 11) is -10.2. The first kappa shape index (κ1) is 54.8. The minimum absolute atomic E-state index is 0.0161. The Morgan fingerprint density at radius 1 is 0.433 bits per heavy atom. The molecule has 2 N–H and O–H groups in total. The lowest BCUT2D eigenvalue weighted by molar-refractivity contribution is 0.472. The molecule has 2 nitrogen and oxygen atoms in total. The second-order valence-corrected chi connectivity index (χ2v) is 110. The minimum Gasteiger partial charge on any atom is -0.508 e. The highest BCUT2D eigenvalue weighted by atomic mass is 32.2. The second kappa shape index (κ2) is 18.6. The molecule has 1 unspecified atom stereocenters. The molecule has 1 fully saturated rings. The van der Waals surface area contributed by atoms with E-state index in [4.69, 9.17) is 0 Å². The van der Waals surface area contributed by atoms with Crippen LogP contribution < -0.4 is 10.4 Å². The highest BCUT2D eigenvalue weighted by Crippen LogP contribution is 2.45. The lowest BCUT2D eigenvalue weighted by atomic mass is 9.86. The number of hydrogen-bond acceptors (Lipinski definition) is 4. The standard InChI is InChI=1S/C48H96O2S2Si8/c1-47(2,3)39-31-37(45(49)43(33-39)59(53(7,8)9,54(10,11)12)55(13,14)15)35-51-41-29-27-25-26-28-30-42(41)52-36-38-32-40(48(4,5)6)34-44(46(38)50)60(56(16,17)18,57(19,20)21)58(22,23)24/h31-34,41-42,49-50H,25-30,35-36H2,1-24H3/t41-,42?/m0/s1. The number of hydrogen-bond donors (Lipinski definition) is 2. The molecule has 12 heteroatoms. The van der Waals surface area contributed by atoms with Gasteiger partial charge in [-0.3, -0.25) is 0 Å². The van der Waals surface area contributed by atoms with E-state index >= 15 is 0 Å². The third-order valence-electron chi connectivity index (χ3n) is 14.7. The van der Waals surface area contributed by atoms with Crippen LogP contribution in [0.15, 0.2) is 24.3 Å².